The lowest BCUT2D eigenvalue weighted by Crippen LogP contribution is -2.32. The normalized spacial score (nSPS) is 31.3. The van der Waals surface area contributed by atoms with Crippen molar-refractivity contribution in [3.63, 3.8) is 0 Å². The molecule has 2 rings (SSSR count). The van der Waals surface area contributed by atoms with Crippen molar-refractivity contribution in [2.24, 2.45) is 29.6 Å². The maximum Gasteiger partial charge on any atom is 0.311 e. The van der Waals surface area contributed by atoms with Gasteiger partial charge in [0.25, 0.3) is 0 Å². The maximum atomic E-state index is 10.7. The highest BCUT2D eigenvalue weighted by Crippen LogP contribution is 2.30. The van der Waals surface area contributed by atoms with E-state index in [9.17, 15) is 19.2 Å². The van der Waals surface area contributed by atoms with Crippen LogP contribution < -0.4 is 0 Å². The van der Waals surface area contributed by atoms with Crippen LogP contribution >= 0.6 is 0 Å². The van der Waals surface area contributed by atoms with Crippen molar-refractivity contribution in [1.82, 2.24) is 0 Å². The summed E-state index contributed by atoms with van der Waals surface area (Å²) in [6.07, 6.45) is 6.33. The number of allylic oxidation sites excluding steroid dienone is 1. The van der Waals surface area contributed by atoms with Crippen LogP contribution in [0.5, 0.6) is 0 Å². The third-order valence-corrected chi connectivity index (χ3v) is 4.71. The van der Waals surface area contributed by atoms with Crippen molar-refractivity contribution in [1.29, 1.82) is 0 Å². The van der Waals surface area contributed by atoms with Gasteiger partial charge in [-0.25, -0.2) is 0 Å². The van der Waals surface area contributed by atoms with Crippen molar-refractivity contribution in [3.8, 4) is 0 Å². The summed E-state index contributed by atoms with van der Waals surface area (Å²) < 4.78 is 0. The molecule has 4 N–H and O–H groups in total. The highest BCUT2D eigenvalue weighted by molar-refractivity contribution is 5.82. The first-order valence-electron chi connectivity index (χ1n) is 8.24. The number of hydrogen-bond donors (Lipinski definition) is 4. The topological polar surface area (TPSA) is 149 Å². The zero-order chi connectivity index (χ0) is 19.1. The second-order valence-electron chi connectivity index (χ2n) is 6.58. The van der Waals surface area contributed by atoms with E-state index in [1.54, 1.807) is 6.08 Å². The fourth-order valence-corrected chi connectivity index (χ4v) is 3.30. The third kappa shape index (κ3) is 5.88. The molecule has 0 aromatic rings. The summed E-state index contributed by atoms with van der Waals surface area (Å²) in [6.45, 7) is 1.88. The smallest absolute Gasteiger partial charge is 0.311 e. The summed E-state index contributed by atoms with van der Waals surface area (Å²) in [4.78, 5) is 42.6. The predicted octanol–water partition coefficient (Wildman–Crippen LogP) is 1.95. The molecule has 0 bridgehead atoms. The van der Waals surface area contributed by atoms with Gasteiger partial charge < -0.3 is 20.4 Å². The van der Waals surface area contributed by atoms with Gasteiger partial charge in [-0.1, -0.05) is 31.9 Å². The van der Waals surface area contributed by atoms with Gasteiger partial charge in [-0.2, -0.15) is 0 Å². The molecule has 8 nitrogen and oxygen atoms in total. The fraction of sp³-hybridized carbons (Fsp3) is 0.647. The molecule has 0 amide bonds. The second-order valence-corrected chi connectivity index (χ2v) is 6.58. The zero-order valence-electron chi connectivity index (χ0n) is 14.0. The van der Waals surface area contributed by atoms with Crippen LogP contribution in [0.4, 0.5) is 0 Å². The number of carbonyl (C=O) groups is 4. The van der Waals surface area contributed by atoms with Gasteiger partial charge in [0.05, 0.1) is 23.7 Å². The number of hydrogen-bond acceptors (Lipinski definition) is 4. The Hall–Kier alpha value is -2.38. The molecular weight excluding hydrogens is 332 g/mol. The maximum absolute atomic E-state index is 10.7. The molecule has 0 heterocycles. The molecule has 0 saturated heterocycles. The molecule has 0 radical (unpaired) electrons. The molecule has 5 atom stereocenters. The summed E-state index contributed by atoms with van der Waals surface area (Å²) in [7, 11) is 0. The largest absolute Gasteiger partial charge is 0.481 e. The molecule has 0 aromatic carbocycles. The van der Waals surface area contributed by atoms with Crippen molar-refractivity contribution in [3.05, 3.63) is 12.2 Å². The SMILES string of the molecule is CC1C=CC(C(=O)O)C(C(=O)O)C1.O=C(O)C1CCCCC1C(=O)O. The monoisotopic (exact) mass is 356 g/mol. The van der Waals surface area contributed by atoms with Crippen molar-refractivity contribution < 1.29 is 39.6 Å². The number of carboxylic acids is 4. The minimum atomic E-state index is -1.06. The molecule has 5 unspecified atom stereocenters. The van der Waals surface area contributed by atoms with Gasteiger partial charge >= 0.3 is 23.9 Å². The van der Waals surface area contributed by atoms with E-state index >= 15 is 0 Å². The minimum Gasteiger partial charge on any atom is -0.481 e. The Morgan fingerprint density at radius 3 is 1.52 bits per heavy atom. The van der Waals surface area contributed by atoms with Crippen LogP contribution in [0.15, 0.2) is 12.2 Å². The fourth-order valence-electron chi connectivity index (χ4n) is 3.30. The Labute approximate surface area is 145 Å². The molecular formula is C17H24O8. The summed E-state index contributed by atoms with van der Waals surface area (Å²) in [6, 6.07) is 0. The molecule has 8 heteroatoms. The molecule has 0 spiro atoms. The first-order valence-corrected chi connectivity index (χ1v) is 8.24. The first-order chi connectivity index (χ1) is 11.6. The number of rotatable bonds is 4. The van der Waals surface area contributed by atoms with Crippen LogP contribution in [0.25, 0.3) is 0 Å². The summed E-state index contributed by atoms with van der Waals surface area (Å²) in [5.74, 6) is -6.86. The van der Waals surface area contributed by atoms with Gasteiger partial charge in [-0.05, 0) is 25.2 Å². The van der Waals surface area contributed by atoms with Gasteiger partial charge in [0.1, 0.15) is 0 Å². The Bertz CT molecular complexity index is 531. The van der Waals surface area contributed by atoms with Crippen molar-refractivity contribution in [2.75, 3.05) is 0 Å². The van der Waals surface area contributed by atoms with Crippen LogP contribution in [0.2, 0.25) is 0 Å². The van der Waals surface area contributed by atoms with E-state index < -0.39 is 47.5 Å². The highest BCUT2D eigenvalue weighted by atomic mass is 16.4. The van der Waals surface area contributed by atoms with E-state index in [-0.39, 0.29) is 5.92 Å². The Morgan fingerprint density at radius 2 is 1.16 bits per heavy atom. The van der Waals surface area contributed by atoms with E-state index in [4.69, 9.17) is 20.4 Å². The van der Waals surface area contributed by atoms with E-state index in [2.05, 4.69) is 0 Å². The lowest BCUT2D eigenvalue weighted by molar-refractivity contribution is -0.155. The van der Waals surface area contributed by atoms with E-state index in [0.29, 0.717) is 19.3 Å². The lowest BCUT2D eigenvalue weighted by Gasteiger charge is -2.24. The molecule has 2 aliphatic rings. The molecule has 25 heavy (non-hydrogen) atoms. The Balaban J connectivity index is 0.000000251. The Morgan fingerprint density at radius 1 is 0.720 bits per heavy atom. The predicted molar refractivity (Wildman–Crippen MR) is 85.9 cm³/mol. The molecule has 140 valence electrons. The molecule has 2 aliphatic carbocycles. The van der Waals surface area contributed by atoms with Gasteiger partial charge in [0, 0.05) is 0 Å². The van der Waals surface area contributed by atoms with E-state index in [1.807, 2.05) is 6.92 Å². The molecule has 1 saturated carbocycles. The average molecular weight is 356 g/mol. The standard InChI is InChI=1S/C9H12O4.C8H12O4/c1-5-2-3-6(8(10)11)7(4-5)9(12)13;9-7(10)5-3-1-2-4-6(5)8(11)12/h2-3,5-7H,4H2,1H3,(H,10,11)(H,12,13);5-6H,1-4H2,(H,9,10)(H,11,12). The zero-order valence-corrected chi connectivity index (χ0v) is 14.0. The van der Waals surface area contributed by atoms with Crippen molar-refractivity contribution >= 4 is 23.9 Å². The number of aliphatic carboxylic acids is 4. The molecule has 1 fully saturated rings. The molecule has 0 aliphatic heterocycles. The summed E-state index contributed by atoms with van der Waals surface area (Å²) in [5, 5.41) is 34.9. The minimum absolute atomic E-state index is 0.150. The van der Waals surface area contributed by atoms with Gasteiger partial charge in [0.2, 0.25) is 0 Å². The van der Waals surface area contributed by atoms with Crippen LogP contribution in [-0.4, -0.2) is 44.3 Å². The highest BCUT2D eigenvalue weighted by Gasteiger charge is 2.36. The van der Waals surface area contributed by atoms with Gasteiger partial charge in [-0.3, -0.25) is 19.2 Å². The Kier molecular flexibility index (Phi) is 7.60. The van der Waals surface area contributed by atoms with Crippen LogP contribution in [0.3, 0.4) is 0 Å². The number of carboxylic acid groups (broad SMARTS) is 4. The molecule has 0 aromatic heterocycles. The quantitative estimate of drug-likeness (QED) is 0.558. The van der Waals surface area contributed by atoms with Crippen LogP contribution in [0, 0.1) is 29.6 Å². The van der Waals surface area contributed by atoms with Crippen LogP contribution in [0.1, 0.15) is 39.0 Å². The van der Waals surface area contributed by atoms with Crippen molar-refractivity contribution in [2.45, 2.75) is 39.0 Å². The van der Waals surface area contributed by atoms with Gasteiger partial charge in [0.15, 0.2) is 0 Å². The van der Waals surface area contributed by atoms with Gasteiger partial charge in [-0.15, -0.1) is 0 Å². The van der Waals surface area contributed by atoms with E-state index in [0.717, 1.165) is 12.8 Å². The summed E-state index contributed by atoms with van der Waals surface area (Å²) >= 11 is 0. The first kappa shape index (κ1) is 20.7. The van der Waals surface area contributed by atoms with Crippen LogP contribution in [-0.2, 0) is 19.2 Å². The average Bonchev–Trinajstić information content (AvgIpc) is 2.54. The lowest BCUT2D eigenvalue weighted by atomic mass is 9.79. The van der Waals surface area contributed by atoms with E-state index in [1.165, 1.54) is 6.08 Å². The second kappa shape index (κ2) is 9.19. The third-order valence-electron chi connectivity index (χ3n) is 4.71. The summed E-state index contributed by atoms with van der Waals surface area (Å²) in [5.41, 5.74) is 0.